The summed E-state index contributed by atoms with van der Waals surface area (Å²) in [7, 11) is 0. The SMILES string of the molecule is O=C1C[C@@H]2OCCC[C@H]2O[C@@H]1Cc1ccccc1. The molecule has 2 saturated heterocycles. The minimum Gasteiger partial charge on any atom is -0.375 e. The van der Waals surface area contributed by atoms with Crippen molar-refractivity contribution in [3.8, 4) is 0 Å². The van der Waals surface area contributed by atoms with E-state index in [4.69, 9.17) is 9.47 Å². The molecule has 3 atom stereocenters. The van der Waals surface area contributed by atoms with E-state index in [9.17, 15) is 4.79 Å². The van der Waals surface area contributed by atoms with Gasteiger partial charge in [0.05, 0.1) is 12.2 Å². The number of ether oxygens (including phenoxy) is 2. The third kappa shape index (κ3) is 2.47. The van der Waals surface area contributed by atoms with Gasteiger partial charge in [-0.1, -0.05) is 30.3 Å². The molecule has 0 aromatic heterocycles. The normalized spacial score (nSPS) is 32.0. The van der Waals surface area contributed by atoms with E-state index in [0.29, 0.717) is 12.8 Å². The Morgan fingerprint density at radius 3 is 2.83 bits per heavy atom. The number of carbonyl (C=O) groups is 1. The number of carbonyl (C=O) groups excluding carboxylic acids is 1. The van der Waals surface area contributed by atoms with Crippen molar-refractivity contribution in [1.29, 1.82) is 0 Å². The summed E-state index contributed by atoms with van der Waals surface area (Å²) in [5, 5.41) is 0. The molecule has 0 N–H and O–H groups in total. The van der Waals surface area contributed by atoms with Crippen LogP contribution >= 0.6 is 0 Å². The zero-order valence-corrected chi connectivity index (χ0v) is 10.4. The summed E-state index contributed by atoms with van der Waals surface area (Å²) in [6.45, 7) is 0.765. The van der Waals surface area contributed by atoms with Crippen LogP contribution in [-0.4, -0.2) is 30.7 Å². The van der Waals surface area contributed by atoms with Gasteiger partial charge in [-0.3, -0.25) is 4.79 Å². The Kier molecular flexibility index (Phi) is 3.43. The Bertz CT molecular complexity index is 415. The van der Waals surface area contributed by atoms with Gasteiger partial charge in [-0.05, 0) is 18.4 Å². The predicted molar refractivity (Wildman–Crippen MR) is 67.4 cm³/mol. The number of hydrogen-bond donors (Lipinski definition) is 0. The van der Waals surface area contributed by atoms with Gasteiger partial charge in [-0.15, -0.1) is 0 Å². The van der Waals surface area contributed by atoms with Crippen molar-refractivity contribution in [2.75, 3.05) is 6.61 Å². The van der Waals surface area contributed by atoms with Gasteiger partial charge in [-0.2, -0.15) is 0 Å². The van der Waals surface area contributed by atoms with Crippen LogP contribution in [0, 0.1) is 0 Å². The molecule has 0 saturated carbocycles. The summed E-state index contributed by atoms with van der Waals surface area (Å²) >= 11 is 0. The monoisotopic (exact) mass is 246 g/mol. The molecule has 0 bridgehead atoms. The molecule has 18 heavy (non-hydrogen) atoms. The second-order valence-electron chi connectivity index (χ2n) is 5.07. The molecule has 96 valence electrons. The van der Waals surface area contributed by atoms with Crippen molar-refractivity contribution in [2.24, 2.45) is 0 Å². The molecule has 1 aromatic carbocycles. The van der Waals surface area contributed by atoms with Crippen molar-refractivity contribution >= 4 is 5.78 Å². The van der Waals surface area contributed by atoms with Crippen molar-refractivity contribution in [2.45, 2.75) is 44.0 Å². The second kappa shape index (κ2) is 5.21. The quantitative estimate of drug-likeness (QED) is 0.802. The van der Waals surface area contributed by atoms with Crippen LogP contribution < -0.4 is 0 Å². The van der Waals surface area contributed by atoms with Crippen molar-refractivity contribution < 1.29 is 14.3 Å². The van der Waals surface area contributed by atoms with E-state index in [1.807, 2.05) is 30.3 Å². The maximum Gasteiger partial charge on any atom is 0.164 e. The smallest absolute Gasteiger partial charge is 0.164 e. The number of rotatable bonds is 2. The van der Waals surface area contributed by atoms with Crippen LogP contribution in [0.15, 0.2) is 30.3 Å². The highest BCUT2D eigenvalue weighted by Crippen LogP contribution is 2.28. The average molecular weight is 246 g/mol. The highest BCUT2D eigenvalue weighted by Gasteiger charge is 2.38. The van der Waals surface area contributed by atoms with Crippen LogP contribution in [0.25, 0.3) is 0 Å². The Labute approximate surface area is 107 Å². The molecule has 2 aliphatic heterocycles. The van der Waals surface area contributed by atoms with Gasteiger partial charge in [0.1, 0.15) is 6.10 Å². The van der Waals surface area contributed by atoms with E-state index in [2.05, 4.69) is 0 Å². The van der Waals surface area contributed by atoms with E-state index in [-0.39, 0.29) is 24.1 Å². The fourth-order valence-corrected chi connectivity index (χ4v) is 2.77. The van der Waals surface area contributed by atoms with Gasteiger partial charge < -0.3 is 9.47 Å². The molecular formula is C15H18O3. The summed E-state index contributed by atoms with van der Waals surface area (Å²) in [6, 6.07) is 10.1. The summed E-state index contributed by atoms with van der Waals surface area (Å²) in [5.74, 6) is 0.182. The molecule has 1 aromatic rings. The minimum atomic E-state index is -0.282. The highest BCUT2D eigenvalue weighted by molar-refractivity contribution is 5.84. The maximum atomic E-state index is 12.0. The number of ketones is 1. The van der Waals surface area contributed by atoms with E-state index >= 15 is 0 Å². The van der Waals surface area contributed by atoms with Gasteiger partial charge >= 0.3 is 0 Å². The van der Waals surface area contributed by atoms with Crippen LogP contribution in [0.3, 0.4) is 0 Å². The molecule has 0 aliphatic carbocycles. The summed E-state index contributed by atoms with van der Waals surface area (Å²) in [4.78, 5) is 12.0. The maximum absolute atomic E-state index is 12.0. The van der Waals surface area contributed by atoms with Crippen LogP contribution in [0.2, 0.25) is 0 Å². The zero-order valence-electron chi connectivity index (χ0n) is 10.4. The predicted octanol–water partition coefficient (Wildman–Crippen LogP) is 2.13. The van der Waals surface area contributed by atoms with Gasteiger partial charge in [0.25, 0.3) is 0 Å². The van der Waals surface area contributed by atoms with Crippen LogP contribution in [0.1, 0.15) is 24.8 Å². The summed E-state index contributed by atoms with van der Waals surface area (Å²) in [6.07, 6.45) is 3.08. The molecule has 3 rings (SSSR count). The van der Waals surface area contributed by atoms with E-state index < -0.39 is 0 Å². The lowest BCUT2D eigenvalue weighted by Gasteiger charge is -2.38. The highest BCUT2D eigenvalue weighted by atomic mass is 16.6. The molecular weight excluding hydrogens is 228 g/mol. The standard InChI is InChI=1S/C15H18O3/c16-12-10-15-13(7-4-8-17-15)18-14(12)9-11-5-2-1-3-6-11/h1-3,5-6,13-15H,4,7-10H2/t13-,14-,15+/m1/s1. The van der Waals surface area contributed by atoms with Crippen LogP contribution in [0.4, 0.5) is 0 Å². The lowest BCUT2D eigenvalue weighted by molar-refractivity contribution is -0.176. The second-order valence-corrected chi connectivity index (χ2v) is 5.07. The topological polar surface area (TPSA) is 35.5 Å². The minimum absolute atomic E-state index is 0.00160. The molecule has 2 fully saturated rings. The Morgan fingerprint density at radius 1 is 1.17 bits per heavy atom. The van der Waals surface area contributed by atoms with Crippen molar-refractivity contribution in [3.05, 3.63) is 35.9 Å². The molecule has 0 unspecified atom stereocenters. The first-order valence-corrected chi connectivity index (χ1v) is 6.66. The molecule has 2 heterocycles. The fourth-order valence-electron chi connectivity index (χ4n) is 2.77. The van der Waals surface area contributed by atoms with Crippen molar-refractivity contribution in [1.82, 2.24) is 0 Å². The number of benzene rings is 1. The lowest BCUT2D eigenvalue weighted by Crippen LogP contribution is -2.48. The number of fused-ring (bicyclic) bond motifs is 1. The summed E-state index contributed by atoms with van der Waals surface area (Å²) < 4.78 is 11.5. The van der Waals surface area contributed by atoms with Gasteiger partial charge in [0, 0.05) is 19.4 Å². The number of Topliss-reactive ketones (excluding diaryl/α,β-unsaturated/α-hetero) is 1. The lowest BCUT2D eigenvalue weighted by atomic mass is 9.92. The third-order valence-electron chi connectivity index (χ3n) is 3.74. The van der Waals surface area contributed by atoms with E-state index in [1.165, 1.54) is 0 Å². The largest absolute Gasteiger partial charge is 0.375 e. The Balaban J connectivity index is 1.67. The Morgan fingerprint density at radius 2 is 2.00 bits per heavy atom. The van der Waals surface area contributed by atoms with Crippen molar-refractivity contribution in [3.63, 3.8) is 0 Å². The summed E-state index contributed by atoms with van der Waals surface area (Å²) in [5.41, 5.74) is 1.16. The Hall–Kier alpha value is -1.19. The molecule has 0 spiro atoms. The van der Waals surface area contributed by atoms with E-state index in [1.54, 1.807) is 0 Å². The van der Waals surface area contributed by atoms with Crippen LogP contribution in [0.5, 0.6) is 0 Å². The van der Waals surface area contributed by atoms with Gasteiger partial charge in [-0.25, -0.2) is 0 Å². The number of hydrogen-bond acceptors (Lipinski definition) is 3. The van der Waals surface area contributed by atoms with Gasteiger partial charge in [0.2, 0.25) is 0 Å². The van der Waals surface area contributed by atoms with E-state index in [0.717, 1.165) is 25.0 Å². The van der Waals surface area contributed by atoms with Gasteiger partial charge in [0.15, 0.2) is 5.78 Å². The molecule has 3 heteroatoms. The first kappa shape index (κ1) is 11.9. The molecule has 0 radical (unpaired) electrons. The molecule has 2 aliphatic rings. The first-order chi connectivity index (χ1) is 8.83. The average Bonchev–Trinajstić information content (AvgIpc) is 2.41. The van der Waals surface area contributed by atoms with Crippen LogP contribution in [-0.2, 0) is 20.7 Å². The first-order valence-electron chi connectivity index (χ1n) is 6.66. The fraction of sp³-hybridized carbons (Fsp3) is 0.533. The molecule has 3 nitrogen and oxygen atoms in total. The molecule has 0 amide bonds. The third-order valence-corrected chi connectivity index (χ3v) is 3.74. The zero-order chi connectivity index (χ0) is 12.4.